The van der Waals surface area contributed by atoms with Crippen LogP contribution in [0.3, 0.4) is 0 Å². The number of nitrogens with zero attached hydrogens (tertiary/aromatic N) is 2. The lowest BCUT2D eigenvalue weighted by Crippen LogP contribution is -2.40. The van der Waals surface area contributed by atoms with Crippen LogP contribution in [0.5, 0.6) is 11.5 Å². The van der Waals surface area contributed by atoms with E-state index in [1.807, 2.05) is 18.2 Å². The SMILES string of the molecule is COc1ccc(C2CN(NCc3cnccc3NC(C)=O)C(=O)N2)cc1OC1CCCC1. The van der Waals surface area contributed by atoms with Crippen molar-refractivity contribution in [3.8, 4) is 11.5 Å². The summed E-state index contributed by atoms with van der Waals surface area (Å²) in [4.78, 5) is 28.1. The molecular formula is C23H29N5O4. The molecule has 1 aromatic carbocycles. The third-order valence-electron chi connectivity index (χ3n) is 5.77. The molecule has 32 heavy (non-hydrogen) atoms. The summed E-state index contributed by atoms with van der Waals surface area (Å²) in [6.45, 7) is 2.25. The third-order valence-corrected chi connectivity index (χ3v) is 5.77. The number of nitrogens with one attached hydrogen (secondary N) is 3. The highest BCUT2D eigenvalue weighted by Gasteiger charge is 2.31. The molecule has 170 valence electrons. The Balaban J connectivity index is 1.42. The zero-order valence-corrected chi connectivity index (χ0v) is 18.4. The number of hydrogen-bond donors (Lipinski definition) is 3. The molecule has 2 aromatic rings. The van der Waals surface area contributed by atoms with Gasteiger partial charge in [0.25, 0.3) is 0 Å². The number of anilines is 1. The van der Waals surface area contributed by atoms with Crippen molar-refractivity contribution in [1.82, 2.24) is 20.7 Å². The molecule has 1 saturated carbocycles. The fourth-order valence-corrected chi connectivity index (χ4v) is 4.11. The van der Waals surface area contributed by atoms with E-state index in [0.717, 1.165) is 24.0 Å². The second-order valence-corrected chi connectivity index (χ2v) is 8.10. The maximum Gasteiger partial charge on any atom is 0.332 e. The Kier molecular flexibility index (Phi) is 6.75. The summed E-state index contributed by atoms with van der Waals surface area (Å²) in [6.07, 6.45) is 7.98. The van der Waals surface area contributed by atoms with Crippen LogP contribution in [-0.2, 0) is 11.3 Å². The quantitative estimate of drug-likeness (QED) is 0.584. The van der Waals surface area contributed by atoms with Crippen molar-refractivity contribution >= 4 is 17.6 Å². The molecule has 9 heteroatoms. The Hall–Kier alpha value is -3.33. The van der Waals surface area contributed by atoms with Crippen LogP contribution in [0, 0.1) is 0 Å². The van der Waals surface area contributed by atoms with Gasteiger partial charge in [0.05, 0.1) is 25.8 Å². The maximum atomic E-state index is 12.5. The van der Waals surface area contributed by atoms with Crippen molar-refractivity contribution in [3.05, 3.63) is 47.8 Å². The second kappa shape index (κ2) is 9.86. The van der Waals surface area contributed by atoms with Gasteiger partial charge in [0.2, 0.25) is 5.91 Å². The predicted octanol–water partition coefficient (Wildman–Crippen LogP) is 3.14. The van der Waals surface area contributed by atoms with E-state index >= 15 is 0 Å². The fraction of sp³-hybridized carbons (Fsp3) is 0.435. The zero-order chi connectivity index (χ0) is 22.5. The summed E-state index contributed by atoms with van der Waals surface area (Å²) in [5, 5.41) is 7.32. The van der Waals surface area contributed by atoms with Gasteiger partial charge in [0.1, 0.15) is 0 Å². The normalized spacial score (nSPS) is 18.5. The molecule has 0 bridgehead atoms. The zero-order valence-electron chi connectivity index (χ0n) is 18.4. The lowest BCUT2D eigenvalue weighted by atomic mass is 10.1. The van der Waals surface area contributed by atoms with Crippen molar-refractivity contribution in [2.75, 3.05) is 19.0 Å². The molecule has 1 unspecified atom stereocenters. The van der Waals surface area contributed by atoms with Gasteiger partial charge in [-0.05, 0) is 49.4 Å². The van der Waals surface area contributed by atoms with Crippen LogP contribution in [0.15, 0.2) is 36.7 Å². The van der Waals surface area contributed by atoms with Crippen LogP contribution in [0.25, 0.3) is 0 Å². The van der Waals surface area contributed by atoms with Crippen molar-refractivity contribution in [2.24, 2.45) is 0 Å². The van der Waals surface area contributed by atoms with Gasteiger partial charge in [-0.1, -0.05) is 6.07 Å². The second-order valence-electron chi connectivity index (χ2n) is 8.10. The smallest absolute Gasteiger partial charge is 0.332 e. The number of ether oxygens (including phenoxy) is 2. The van der Waals surface area contributed by atoms with E-state index in [-0.39, 0.29) is 24.1 Å². The lowest BCUT2D eigenvalue weighted by molar-refractivity contribution is -0.114. The number of rotatable bonds is 8. The highest BCUT2D eigenvalue weighted by molar-refractivity contribution is 5.89. The number of methoxy groups -OCH3 is 1. The molecule has 1 aromatic heterocycles. The fourth-order valence-electron chi connectivity index (χ4n) is 4.11. The monoisotopic (exact) mass is 439 g/mol. The van der Waals surface area contributed by atoms with Gasteiger partial charge in [-0.15, -0.1) is 0 Å². The number of pyridine rings is 1. The van der Waals surface area contributed by atoms with Crippen molar-refractivity contribution < 1.29 is 19.1 Å². The Morgan fingerprint density at radius 3 is 2.81 bits per heavy atom. The van der Waals surface area contributed by atoms with E-state index in [2.05, 4.69) is 21.0 Å². The van der Waals surface area contributed by atoms with Crippen LogP contribution in [0.1, 0.15) is 49.8 Å². The average Bonchev–Trinajstić information content (AvgIpc) is 3.42. The highest BCUT2D eigenvalue weighted by Crippen LogP contribution is 2.34. The minimum atomic E-state index is -0.214. The first-order valence-electron chi connectivity index (χ1n) is 10.9. The summed E-state index contributed by atoms with van der Waals surface area (Å²) >= 11 is 0. The Bertz CT molecular complexity index is 977. The summed E-state index contributed by atoms with van der Waals surface area (Å²) < 4.78 is 11.7. The molecule has 2 aliphatic rings. The molecule has 0 radical (unpaired) electrons. The number of hydrazine groups is 1. The van der Waals surface area contributed by atoms with Crippen LogP contribution in [-0.4, -0.2) is 41.7 Å². The van der Waals surface area contributed by atoms with Crippen LogP contribution < -0.4 is 25.5 Å². The lowest BCUT2D eigenvalue weighted by Gasteiger charge is -2.19. The number of benzene rings is 1. The van der Waals surface area contributed by atoms with E-state index in [4.69, 9.17) is 9.47 Å². The van der Waals surface area contributed by atoms with E-state index in [1.165, 1.54) is 24.8 Å². The first-order chi connectivity index (χ1) is 15.5. The largest absolute Gasteiger partial charge is 0.493 e. The topological polar surface area (TPSA) is 105 Å². The molecule has 2 fully saturated rings. The van der Waals surface area contributed by atoms with Gasteiger partial charge in [-0.3, -0.25) is 14.8 Å². The molecule has 1 saturated heterocycles. The minimum Gasteiger partial charge on any atom is -0.493 e. The van der Waals surface area contributed by atoms with Crippen LogP contribution in [0.4, 0.5) is 10.5 Å². The molecule has 9 nitrogen and oxygen atoms in total. The first kappa shape index (κ1) is 21.9. The van der Waals surface area contributed by atoms with E-state index in [1.54, 1.807) is 25.6 Å². The number of amides is 3. The van der Waals surface area contributed by atoms with Crippen LogP contribution in [0.2, 0.25) is 0 Å². The molecule has 3 amide bonds. The van der Waals surface area contributed by atoms with Gasteiger partial charge in [-0.25, -0.2) is 10.2 Å². The maximum absolute atomic E-state index is 12.5. The average molecular weight is 440 g/mol. The van der Waals surface area contributed by atoms with E-state index in [0.29, 0.717) is 30.3 Å². The number of carbonyl (C=O) groups excluding carboxylic acids is 2. The van der Waals surface area contributed by atoms with Gasteiger partial charge in [0, 0.05) is 37.1 Å². The molecule has 2 heterocycles. The predicted molar refractivity (Wildman–Crippen MR) is 119 cm³/mol. The number of aromatic nitrogens is 1. The summed E-state index contributed by atoms with van der Waals surface area (Å²) in [7, 11) is 1.63. The molecular weight excluding hydrogens is 410 g/mol. The molecule has 1 aliphatic carbocycles. The van der Waals surface area contributed by atoms with Gasteiger partial charge in [0.15, 0.2) is 11.5 Å². The van der Waals surface area contributed by atoms with Gasteiger partial charge < -0.3 is 20.1 Å². The molecule has 4 rings (SSSR count). The highest BCUT2D eigenvalue weighted by atomic mass is 16.5. The Morgan fingerprint density at radius 2 is 2.06 bits per heavy atom. The molecule has 0 spiro atoms. The number of carbonyl (C=O) groups is 2. The van der Waals surface area contributed by atoms with E-state index < -0.39 is 0 Å². The van der Waals surface area contributed by atoms with E-state index in [9.17, 15) is 9.59 Å². The van der Waals surface area contributed by atoms with Gasteiger partial charge in [-0.2, -0.15) is 0 Å². The number of hydrogen-bond acceptors (Lipinski definition) is 6. The standard InChI is InChI=1S/C23H29N5O4/c1-15(29)26-19-9-10-24-12-17(19)13-25-28-14-20(27-23(28)30)16-7-8-21(31-2)22(11-16)32-18-5-3-4-6-18/h7-12,18,20,25H,3-6,13-14H2,1-2H3,(H,27,30)(H,24,26,29). The molecule has 1 atom stereocenters. The minimum absolute atomic E-state index is 0.161. The van der Waals surface area contributed by atoms with Gasteiger partial charge >= 0.3 is 6.03 Å². The third kappa shape index (κ3) is 5.11. The van der Waals surface area contributed by atoms with Crippen molar-refractivity contribution in [1.29, 1.82) is 0 Å². The van der Waals surface area contributed by atoms with Crippen molar-refractivity contribution in [2.45, 2.75) is 51.3 Å². The molecule has 3 N–H and O–H groups in total. The summed E-state index contributed by atoms with van der Waals surface area (Å²) in [5.41, 5.74) is 5.54. The Labute approximate surface area is 187 Å². The van der Waals surface area contributed by atoms with Crippen molar-refractivity contribution in [3.63, 3.8) is 0 Å². The summed E-state index contributed by atoms with van der Waals surface area (Å²) in [6, 6.07) is 7.13. The first-order valence-corrected chi connectivity index (χ1v) is 10.9. The molecule has 1 aliphatic heterocycles. The summed E-state index contributed by atoms with van der Waals surface area (Å²) in [5.74, 6) is 1.25. The van der Waals surface area contributed by atoms with Crippen LogP contribution >= 0.6 is 0 Å². The Morgan fingerprint density at radius 1 is 1.25 bits per heavy atom. The number of urea groups is 1.